The van der Waals surface area contributed by atoms with Crippen LogP contribution < -0.4 is 0 Å². The van der Waals surface area contributed by atoms with Crippen LogP contribution in [0.15, 0.2) is 27.6 Å². The predicted molar refractivity (Wildman–Crippen MR) is 72.6 cm³/mol. The van der Waals surface area contributed by atoms with Crippen molar-refractivity contribution in [2.45, 2.75) is 25.2 Å². The summed E-state index contributed by atoms with van der Waals surface area (Å²) < 4.78 is 24.7. The molecule has 1 atom stereocenters. The molecule has 0 fully saturated rings. The average Bonchev–Trinajstić information content (AvgIpc) is 2.28. The van der Waals surface area contributed by atoms with E-state index in [4.69, 9.17) is 5.11 Å². The summed E-state index contributed by atoms with van der Waals surface area (Å²) in [5.41, 5.74) is -0.0269. The molecule has 0 aliphatic heterocycles. The molecule has 0 bridgehead atoms. The quantitative estimate of drug-likeness (QED) is 0.898. The molecule has 0 saturated carbocycles. The van der Waals surface area contributed by atoms with Crippen LogP contribution in [0.25, 0.3) is 0 Å². The molecule has 4 nitrogen and oxygen atoms in total. The van der Waals surface area contributed by atoms with Gasteiger partial charge in [0.15, 0.2) is 9.84 Å². The number of sulfone groups is 1. The lowest BCUT2D eigenvalue weighted by atomic mass is 10.2. The zero-order chi connectivity index (χ0) is 13.9. The third-order valence-corrected chi connectivity index (χ3v) is 5.68. The highest BCUT2D eigenvalue weighted by atomic mass is 79.9. The zero-order valence-electron chi connectivity index (χ0n) is 10.2. The molecule has 0 aliphatic rings. The van der Waals surface area contributed by atoms with Crippen LogP contribution in [-0.4, -0.2) is 25.2 Å². The number of carbonyl (C=O) groups is 1. The van der Waals surface area contributed by atoms with E-state index in [2.05, 4.69) is 15.9 Å². The molecular weight excluding hydrogens is 320 g/mol. The molecule has 0 radical (unpaired) electrons. The molecule has 0 amide bonds. The van der Waals surface area contributed by atoms with Gasteiger partial charge in [0, 0.05) is 4.47 Å². The second kappa shape index (κ2) is 5.84. The fourth-order valence-electron chi connectivity index (χ4n) is 1.46. The Bertz CT molecular complexity index is 551. The highest BCUT2D eigenvalue weighted by molar-refractivity contribution is 9.10. The van der Waals surface area contributed by atoms with E-state index < -0.39 is 15.8 Å². The number of rotatable bonds is 5. The van der Waals surface area contributed by atoms with Crippen LogP contribution in [0.1, 0.15) is 30.6 Å². The van der Waals surface area contributed by atoms with Gasteiger partial charge < -0.3 is 5.11 Å². The monoisotopic (exact) mass is 334 g/mol. The van der Waals surface area contributed by atoms with Gasteiger partial charge >= 0.3 is 5.97 Å². The Labute approximate surface area is 115 Å². The Hall–Kier alpha value is -0.880. The summed E-state index contributed by atoms with van der Waals surface area (Å²) >= 11 is 3.16. The van der Waals surface area contributed by atoms with Crippen LogP contribution >= 0.6 is 15.9 Å². The van der Waals surface area contributed by atoms with Crippen molar-refractivity contribution in [3.63, 3.8) is 0 Å². The first-order valence-corrected chi connectivity index (χ1v) is 7.98. The van der Waals surface area contributed by atoms with E-state index in [0.717, 1.165) is 6.42 Å². The first-order valence-electron chi connectivity index (χ1n) is 5.53. The Morgan fingerprint density at radius 3 is 2.56 bits per heavy atom. The molecule has 1 rings (SSSR count). The fourth-order valence-corrected chi connectivity index (χ4v) is 4.28. The molecule has 6 heteroatoms. The second-order valence-corrected chi connectivity index (χ2v) is 7.10. The van der Waals surface area contributed by atoms with E-state index in [9.17, 15) is 13.2 Å². The van der Waals surface area contributed by atoms with E-state index in [1.54, 1.807) is 0 Å². The van der Waals surface area contributed by atoms with Gasteiger partial charge in [0.05, 0.1) is 16.2 Å². The molecule has 0 spiro atoms. The van der Waals surface area contributed by atoms with Crippen molar-refractivity contribution in [2.75, 3.05) is 5.75 Å². The van der Waals surface area contributed by atoms with E-state index in [1.165, 1.54) is 18.2 Å². The summed E-state index contributed by atoms with van der Waals surface area (Å²) in [5, 5.41) is 8.88. The van der Waals surface area contributed by atoms with Crippen molar-refractivity contribution in [2.24, 2.45) is 5.92 Å². The van der Waals surface area contributed by atoms with Crippen LogP contribution in [0, 0.1) is 5.92 Å². The Morgan fingerprint density at radius 2 is 2.06 bits per heavy atom. The predicted octanol–water partition coefficient (Wildman–Crippen LogP) is 2.97. The van der Waals surface area contributed by atoms with E-state index >= 15 is 0 Å². The molecule has 1 unspecified atom stereocenters. The number of halogens is 1. The first-order chi connectivity index (χ1) is 8.27. The lowest BCUT2D eigenvalue weighted by molar-refractivity contribution is 0.0696. The van der Waals surface area contributed by atoms with Crippen LogP contribution in [-0.2, 0) is 9.84 Å². The minimum atomic E-state index is -3.47. The smallest absolute Gasteiger partial charge is 0.335 e. The molecule has 0 aliphatic carbocycles. The largest absolute Gasteiger partial charge is 0.478 e. The topological polar surface area (TPSA) is 71.4 Å². The highest BCUT2D eigenvalue weighted by Gasteiger charge is 2.21. The number of benzene rings is 1. The normalized spacial score (nSPS) is 13.3. The summed E-state index contributed by atoms with van der Waals surface area (Å²) in [6.45, 7) is 3.77. The van der Waals surface area contributed by atoms with Gasteiger partial charge in [-0.15, -0.1) is 0 Å². The van der Waals surface area contributed by atoms with E-state index in [0.29, 0.717) is 4.47 Å². The number of aromatic carboxylic acids is 1. The Balaban J connectivity index is 3.23. The number of hydrogen-bond acceptors (Lipinski definition) is 3. The van der Waals surface area contributed by atoms with E-state index in [-0.39, 0.29) is 22.1 Å². The lowest BCUT2D eigenvalue weighted by Crippen LogP contribution is -2.14. The summed E-state index contributed by atoms with van der Waals surface area (Å²) in [6, 6.07) is 4.02. The molecule has 18 heavy (non-hydrogen) atoms. The van der Waals surface area contributed by atoms with Gasteiger partial charge in [-0.1, -0.05) is 20.3 Å². The number of hydrogen-bond donors (Lipinski definition) is 1. The van der Waals surface area contributed by atoms with Crippen LogP contribution in [0.2, 0.25) is 0 Å². The van der Waals surface area contributed by atoms with Gasteiger partial charge in [0.1, 0.15) is 0 Å². The lowest BCUT2D eigenvalue weighted by Gasteiger charge is -2.11. The van der Waals surface area contributed by atoms with Crippen LogP contribution in [0.4, 0.5) is 0 Å². The average molecular weight is 335 g/mol. The van der Waals surface area contributed by atoms with E-state index in [1.807, 2.05) is 13.8 Å². The minimum Gasteiger partial charge on any atom is -0.478 e. The third kappa shape index (κ3) is 3.55. The van der Waals surface area contributed by atoms with Gasteiger partial charge in [0.25, 0.3) is 0 Å². The number of carboxylic acid groups (broad SMARTS) is 1. The van der Waals surface area contributed by atoms with Gasteiger partial charge in [-0.25, -0.2) is 13.2 Å². The molecule has 1 N–H and O–H groups in total. The molecule has 1 aromatic rings. The minimum absolute atomic E-state index is 0.0190. The standard InChI is InChI=1S/C12H15BrO4S/c1-3-8(2)7-18(16,17)11-6-9(12(14)15)4-5-10(11)13/h4-6,8H,3,7H2,1-2H3,(H,14,15). The molecule has 0 aromatic heterocycles. The fraction of sp³-hybridized carbons (Fsp3) is 0.417. The maximum absolute atomic E-state index is 12.2. The Kier molecular flexibility index (Phi) is 4.92. The SMILES string of the molecule is CCC(C)CS(=O)(=O)c1cc(C(=O)O)ccc1Br. The van der Waals surface area contributed by atoms with Crippen molar-refractivity contribution in [3.05, 3.63) is 28.2 Å². The summed E-state index contributed by atoms with van der Waals surface area (Å²) in [6.07, 6.45) is 0.759. The van der Waals surface area contributed by atoms with Crippen molar-refractivity contribution < 1.29 is 18.3 Å². The molecule has 0 saturated heterocycles. The summed E-state index contributed by atoms with van der Waals surface area (Å²) in [4.78, 5) is 10.9. The molecule has 0 heterocycles. The maximum Gasteiger partial charge on any atom is 0.335 e. The van der Waals surface area contributed by atoms with Gasteiger partial charge in [-0.05, 0) is 40.0 Å². The zero-order valence-corrected chi connectivity index (χ0v) is 12.6. The van der Waals surface area contributed by atoms with Crippen molar-refractivity contribution in [3.8, 4) is 0 Å². The molecule has 1 aromatic carbocycles. The maximum atomic E-state index is 12.2. The van der Waals surface area contributed by atoms with Gasteiger partial charge in [-0.2, -0.15) is 0 Å². The summed E-state index contributed by atoms with van der Waals surface area (Å²) in [5.74, 6) is -1.08. The van der Waals surface area contributed by atoms with Crippen LogP contribution in [0.3, 0.4) is 0 Å². The van der Waals surface area contributed by atoms with Crippen molar-refractivity contribution in [1.29, 1.82) is 0 Å². The first kappa shape index (κ1) is 15.2. The molecular formula is C12H15BrO4S. The van der Waals surface area contributed by atoms with Gasteiger partial charge in [-0.3, -0.25) is 0 Å². The van der Waals surface area contributed by atoms with Crippen molar-refractivity contribution >= 4 is 31.7 Å². The highest BCUT2D eigenvalue weighted by Crippen LogP contribution is 2.26. The third-order valence-electron chi connectivity index (χ3n) is 2.71. The summed E-state index contributed by atoms with van der Waals surface area (Å²) in [7, 11) is -3.47. The van der Waals surface area contributed by atoms with Gasteiger partial charge in [0.2, 0.25) is 0 Å². The number of carboxylic acids is 1. The van der Waals surface area contributed by atoms with Crippen molar-refractivity contribution in [1.82, 2.24) is 0 Å². The van der Waals surface area contributed by atoms with Crippen LogP contribution in [0.5, 0.6) is 0 Å². The Morgan fingerprint density at radius 1 is 1.44 bits per heavy atom. The second-order valence-electron chi connectivity index (χ2n) is 4.25. The molecule has 100 valence electrons.